The van der Waals surface area contributed by atoms with E-state index in [2.05, 4.69) is 61.1 Å². The normalized spacial score (nSPS) is 15.3. The van der Waals surface area contributed by atoms with Crippen LogP contribution in [0, 0.1) is 0 Å². The standard InChI is InChI=1S/C21H19ClN2O4S.C14H15NO.C9H8O.C7H5Cl2NO3S.C7H14O2.C5H10O.C4H6O2.Al.3ClH/c1-2-24-18-10-14-9-12(3-5-15(14)16(18)6-8-20(24)25)21(26)13-4-7-17(22)19(11-13)29(23,27)28;1-2-15-13-9-10-5-3-4-6-11(10)12(13)7-8-14(15)16;10-9-5-7-3-1-2-4-8(7)6-9;8-5-2-1-4(7(9)11)3-6(5)14(10,12)13;1-3-4-5-6-7(8)9-2;1-5-3-2-4-6-5;1-3-4(5)6-2;;;;/h3-5,7,9,11H,2,6,8,10H2,1H3,(H2,23,27,28);3-6H,2,7-9H2,1H3;1-4H,5-6H2;1-3H,(H2,10,12,13);3-6H2,1-2H3;5H,2-4H2,1H3;3H,1H2,2H3;;3*1H/q;;;;;;;+3;;;/p-3. The summed E-state index contributed by atoms with van der Waals surface area (Å²) in [6.07, 6.45) is 13.6. The van der Waals surface area contributed by atoms with Crippen molar-refractivity contribution in [1.29, 1.82) is 0 Å². The summed E-state index contributed by atoms with van der Waals surface area (Å²) in [6, 6.07) is 29.6. The largest absolute Gasteiger partial charge is 0.643 e. The number of ketones is 2. The lowest BCUT2D eigenvalue weighted by Gasteiger charge is -2.28. The lowest BCUT2D eigenvalue weighted by molar-refractivity contribution is -0.141. The van der Waals surface area contributed by atoms with Crippen molar-refractivity contribution in [1.82, 2.24) is 9.80 Å². The molecule has 0 spiro atoms. The zero-order chi connectivity index (χ0) is 70.0. The molecule has 1 saturated heterocycles. The van der Waals surface area contributed by atoms with Crippen LogP contribution < -0.4 is 10.3 Å². The predicted octanol–water partition coefficient (Wildman–Crippen LogP) is 13.4. The number of primary sulfonamides is 2. The Balaban J connectivity index is 0.000000249. The van der Waals surface area contributed by atoms with Gasteiger partial charge in [-0.25, -0.2) is 62.1 Å². The lowest BCUT2D eigenvalue weighted by atomic mass is 9.95. The highest BCUT2D eigenvalue weighted by Crippen LogP contribution is 2.42. The minimum Gasteiger partial charge on any atom is -0.469 e. The molecule has 0 saturated carbocycles. The molecule has 27 heteroatoms. The van der Waals surface area contributed by atoms with Gasteiger partial charge in [0.2, 0.25) is 31.9 Å². The number of carbonyl (C=O) groups is 7. The highest BCUT2D eigenvalue weighted by molar-refractivity contribution is 7.89. The number of sulfonamides is 2. The monoisotopic (exact) mass is 1460 g/mol. The fourth-order valence-corrected chi connectivity index (χ4v) is 12.8. The quantitative estimate of drug-likeness (QED) is 0.0294. The Morgan fingerprint density at radius 1 is 0.638 bits per heavy atom. The van der Waals surface area contributed by atoms with Gasteiger partial charge in [-0.3, -0.25) is 28.8 Å². The maximum Gasteiger partial charge on any atom is 0.643 e. The third-order valence-electron chi connectivity index (χ3n) is 15.1. The number of nitrogens with zero attached hydrogens (tertiary/aromatic N) is 2. The average Bonchev–Trinajstić information content (AvgIpc) is 1.61. The van der Waals surface area contributed by atoms with Gasteiger partial charge in [0.05, 0.1) is 30.4 Å². The van der Waals surface area contributed by atoms with E-state index < -0.39 is 42.6 Å². The molecule has 0 bridgehead atoms. The maximum atomic E-state index is 13.0. The first-order chi connectivity index (χ1) is 44.4. The van der Waals surface area contributed by atoms with E-state index in [9.17, 15) is 50.4 Å². The van der Waals surface area contributed by atoms with E-state index in [0.29, 0.717) is 68.9 Å². The van der Waals surface area contributed by atoms with Crippen molar-refractivity contribution in [3.63, 3.8) is 0 Å². The number of esters is 2. The van der Waals surface area contributed by atoms with Crippen molar-refractivity contribution in [2.45, 2.75) is 133 Å². The van der Waals surface area contributed by atoms with Crippen LogP contribution in [0.4, 0.5) is 0 Å². The maximum absolute atomic E-state index is 13.0. The number of benzene rings is 5. The van der Waals surface area contributed by atoms with Crippen molar-refractivity contribution in [2.24, 2.45) is 10.3 Å². The number of likely N-dealkylation sites (N-methyl/N-ethyl adjacent to an activating group) is 2. The van der Waals surface area contributed by atoms with E-state index in [1.807, 2.05) is 53.1 Å². The number of carbonyl (C=O) groups excluding carboxylic acids is 7. The Morgan fingerprint density at radius 3 is 1.51 bits per heavy atom. The molecule has 506 valence electrons. The molecule has 3 aliphatic heterocycles. The molecule has 94 heavy (non-hydrogen) atoms. The number of ether oxygens (including phenoxy) is 3. The van der Waals surface area contributed by atoms with Gasteiger partial charge in [0.1, 0.15) is 15.6 Å². The second-order valence-electron chi connectivity index (χ2n) is 21.5. The zero-order valence-corrected chi connectivity index (χ0v) is 60.4. The van der Waals surface area contributed by atoms with Gasteiger partial charge >= 0.3 is 23.3 Å². The fourth-order valence-electron chi connectivity index (χ4n) is 10.6. The number of amides is 2. The van der Waals surface area contributed by atoms with Crippen LogP contribution in [0.2, 0.25) is 10.0 Å². The molecule has 2 amide bonds. The zero-order valence-electron chi connectivity index (χ0n) is 53.1. The molecule has 11 rings (SSSR count). The van der Waals surface area contributed by atoms with Gasteiger partial charge in [-0.15, -0.1) is 0 Å². The van der Waals surface area contributed by atoms with Crippen LogP contribution in [-0.4, -0.2) is 119 Å². The molecule has 6 aliphatic rings. The van der Waals surface area contributed by atoms with Crippen molar-refractivity contribution in [3.05, 3.63) is 187 Å². The molecular formula is C67H77AlCl6N4O14S2. The minimum absolute atomic E-state index is 0.0279. The molecule has 0 radical (unpaired) electrons. The second kappa shape index (κ2) is 39.5. The smallest absolute Gasteiger partial charge is 0.469 e. The summed E-state index contributed by atoms with van der Waals surface area (Å²) in [6.45, 7) is 13.8. The van der Waals surface area contributed by atoms with Crippen LogP contribution in [0.3, 0.4) is 0 Å². The van der Waals surface area contributed by atoms with Crippen molar-refractivity contribution < 1.29 is 64.6 Å². The van der Waals surface area contributed by atoms with E-state index in [4.69, 9.17) is 80.0 Å². The first-order valence-corrected chi connectivity index (χ1v) is 39.5. The Bertz CT molecular complexity index is 3830. The van der Waals surface area contributed by atoms with E-state index in [0.717, 1.165) is 74.2 Å². The van der Waals surface area contributed by atoms with Gasteiger partial charge in [0, 0.05) is 98.8 Å². The molecule has 0 aromatic heterocycles. The Labute approximate surface area is 582 Å². The van der Waals surface area contributed by atoms with Gasteiger partial charge in [-0.05, 0) is 151 Å². The topological polar surface area (TPSA) is 274 Å². The molecule has 1 fully saturated rings. The predicted molar refractivity (Wildman–Crippen MR) is 372 cm³/mol. The lowest BCUT2D eigenvalue weighted by Crippen LogP contribution is -2.33. The molecule has 4 N–H and O–H groups in total. The Morgan fingerprint density at radius 2 is 1.10 bits per heavy atom. The number of fused-ring (bicyclic) bond motifs is 5. The molecular weight excluding hydrogens is 1390 g/mol. The van der Waals surface area contributed by atoms with Crippen LogP contribution in [-0.2, 0) is 83.9 Å². The van der Waals surface area contributed by atoms with E-state index >= 15 is 0 Å². The van der Waals surface area contributed by atoms with Crippen LogP contribution in [0.25, 0.3) is 11.1 Å². The number of hydrogen-bond acceptors (Lipinski definition) is 14. The number of halogens is 6. The average molecular weight is 1470 g/mol. The summed E-state index contributed by atoms with van der Waals surface area (Å²) in [5, 5.41) is 9.20. The van der Waals surface area contributed by atoms with E-state index in [-0.39, 0.29) is 54.5 Å². The Hall–Kier alpha value is -5.74. The van der Waals surface area contributed by atoms with Gasteiger partial charge in [0.25, 0.3) is 5.24 Å². The van der Waals surface area contributed by atoms with Crippen LogP contribution in [0.15, 0.2) is 137 Å². The fraction of sp³-hybridized carbons (Fsp3) is 0.358. The van der Waals surface area contributed by atoms with Crippen molar-refractivity contribution in [2.75, 3.05) is 33.9 Å². The summed E-state index contributed by atoms with van der Waals surface area (Å²) < 4.78 is 59.1. The number of allylic oxidation sites excluding steroid dienone is 4. The summed E-state index contributed by atoms with van der Waals surface area (Å²) in [5.74, 6) is -0.0385. The van der Waals surface area contributed by atoms with Gasteiger partial charge < -0.3 is 24.0 Å². The van der Waals surface area contributed by atoms with E-state index in [1.165, 1.54) is 96.5 Å². The molecule has 18 nitrogen and oxygen atoms in total. The van der Waals surface area contributed by atoms with Crippen molar-refractivity contribution >= 4 is 148 Å². The number of Topliss-reactive ketones (excluding diaryl/α,β-unsaturated/α-hetero) is 1. The molecule has 3 heterocycles. The molecule has 3 aliphatic carbocycles. The number of unbranched alkanes of at least 4 members (excludes halogenated alkanes) is 2. The molecule has 5 aromatic carbocycles. The second-order valence-corrected chi connectivity index (χ2v) is 32.1. The summed E-state index contributed by atoms with van der Waals surface area (Å²) >= 11 is 14.9. The third-order valence-corrected chi connectivity index (χ3v) is 18.1. The number of hydrogen-bond donors (Lipinski definition) is 2. The van der Waals surface area contributed by atoms with Gasteiger partial charge in [0.15, 0.2) is 5.78 Å². The summed E-state index contributed by atoms with van der Waals surface area (Å²) in [7, 11) is 9.60. The number of nitrogens with two attached hydrogens (primary N) is 2. The number of rotatable bonds is 12. The first kappa shape index (κ1) is 80.7. The Kier molecular flexibility index (Phi) is 33.9. The van der Waals surface area contributed by atoms with Gasteiger partial charge in [-0.1, -0.05) is 110 Å². The molecule has 5 aromatic rings. The minimum atomic E-state index is -4.04. The highest BCUT2D eigenvalue weighted by Gasteiger charge is 2.34. The summed E-state index contributed by atoms with van der Waals surface area (Å²) in [5.41, 5.74) is 12.7. The highest BCUT2D eigenvalue weighted by atomic mass is 35.8. The molecule has 1 atom stereocenters. The van der Waals surface area contributed by atoms with Crippen LogP contribution in [0.5, 0.6) is 0 Å². The van der Waals surface area contributed by atoms with E-state index in [1.54, 1.807) is 6.07 Å². The summed E-state index contributed by atoms with van der Waals surface area (Å²) in [4.78, 5) is 82.1. The number of methoxy groups -OCH3 is 2. The first-order valence-electron chi connectivity index (χ1n) is 30.0. The SMILES string of the molecule is C=CC(=O)OC.CC1CCCO1.CCCCCC(=O)OC.CCN1C(=O)CCC2=C1Cc1cc(C(=O)c3ccc(Cl)c(S(N)(=O)=O)c3)ccc12.CCN1C(=O)CCC2=C1Cc1ccccc12.NS(=O)(=O)c1cc(C(=O)Cl)ccc1Cl.O=C1Cc2ccccc2C1.[Cl][Al]([Cl])[Cl]. The molecule has 1 unspecified atom stereocenters. The third kappa shape index (κ3) is 24.7. The van der Waals surface area contributed by atoms with Crippen LogP contribution in [0.1, 0.15) is 152 Å². The van der Waals surface area contributed by atoms with Crippen LogP contribution >= 0.6 is 65.0 Å². The van der Waals surface area contributed by atoms with Crippen molar-refractivity contribution in [3.8, 4) is 0 Å². The van der Waals surface area contributed by atoms with Gasteiger partial charge in [-0.2, -0.15) is 0 Å².